The second-order valence-electron chi connectivity index (χ2n) is 4.77. The van der Waals surface area contributed by atoms with E-state index in [0.717, 1.165) is 30.0 Å². The maximum Gasteiger partial charge on any atom is 0.219 e. The molecule has 0 aliphatic carbocycles. The van der Waals surface area contributed by atoms with Crippen LogP contribution in [0.3, 0.4) is 0 Å². The van der Waals surface area contributed by atoms with E-state index in [0.29, 0.717) is 22.5 Å². The Kier molecular flexibility index (Phi) is 5.85. The highest BCUT2D eigenvalue weighted by Gasteiger charge is 2.07. The number of benzene rings is 1. The number of aromatic nitrogens is 1. The van der Waals surface area contributed by atoms with Gasteiger partial charge in [-0.3, -0.25) is 0 Å². The molecule has 3 nitrogen and oxygen atoms in total. The Morgan fingerprint density at radius 1 is 1.19 bits per heavy atom. The van der Waals surface area contributed by atoms with E-state index in [4.69, 9.17) is 27.9 Å². The van der Waals surface area contributed by atoms with Gasteiger partial charge in [0.15, 0.2) is 0 Å². The molecule has 0 atom stereocenters. The van der Waals surface area contributed by atoms with Crippen LogP contribution in [0.1, 0.15) is 24.6 Å². The summed E-state index contributed by atoms with van der Waals surface area (Å²) in [6, 6.07) is 9.06. The van der Waals surface area contributed by atoms with Crippen LogP contribution in [-0.2, 0) is 6.54 Å². The van der Waals surface area contributed by atoms with Crippen molar-refractivity contribution in [2.24, 2.45) is 0 Å². The third-order valence-electron chi connectivity index (χ3n) is 2.96. The molecule has 0 unspecified atom stereocenters. The number of ether oxygens (including phenoxy) is 1. The minimum absolute atomic E-state index is 0.526. The van der Waals surface area contributed by atoms with E-state index < -0.39 is 0 Å². The quantitative estimate of drug-likeness (QED) is 0.760. The summed E-state index contributed by atoms with van der Waals surface area (Å²) in [7, 11) is 0. The number of rotatable bonds is 6. The zero-order valence-electron chi connectivity index (χ0n) is 12.1. The van der Waals surface area contributed by atoms with Crippen LogP contribution in [0.25, 0.3) is 0 Å². The zero-order valence-corrected chi connectivity index (χ0v) is 13.6. The van der Waals surface area contributed by atoms with Gasteiger partial charge in [0.2, 0.25) is 5.88 Å². The van der Waals surface area contributed by atoms with Crippen molar-refractivity contribution in [2.75, 3.05) is 6.54 Å². The number of aryl methyl sites for hydroxylation is 1. The van der Waals surface area contributed by atoms with Gasteiger partial charge in [0.05, 0.1) is 10.7 Å². The van der Waals surface area contributed by atoms with Gasteiger partial charge in [0, 0.05) is 17.6 Å². The topological polar surface area (TPSA) is 34.2 Å². The Labute approximate surface area is 135 Å². The molecule has 5 heteroatoms. The molecule has 1 heterocycles. The molecule has 0 amide bonds. The molecular weight excluding hydrogens is 307 g/mol. The number of pyridine rings is 1. The van der Waals surface area contributed by atoms with Gasteiger partial charge in [0.1, 0.15) is 5.75 Å². The molecule has 0 bridgehead atoms. The number of hydrogen-bond acceptors (Lipinski definition) is 3. The van der Waals surface area contributed by atoms with Crippen molar-refractivity contribution in [3.63, 3.8) is 0 Å². The van der Waals surface area contributed by atoms with E-state index >= 15 is 0 Å². The minimum Gasteiger partial charge on any atom is -0.439 e. The van der Waals surface area contributed by atoms with Gasteiger partial charge in [-0.1, -0.05) is 30.1 Å². The molecule has 1 aromatic heterocycles. The van der Waals surface area contributed by atoms with Crippen LogP contribution in [0.2, 0.25) is 10.0 Å². The molecule has 0 saturated carbocycles. The average Bonchev–Trinajstić information content (AvgIpc) is 2.45. The monoisotopic (exact) mass is 324 g/mol. The first-order valence-corrected chi connectivity index (χ1v) is 7.66. The van der Waals surface area contributed by atoms with E-state index in [-0.39, 0.29) is 0 Å². The Morgan fingerprint density at radius 2 is 2.00 bits per heavy atom. The lowest BCUT2D eigenvalue weighted by atomic mass is 10.2. The predicted octanol–water partition coefficient (Wildman–Crippen LogP) is 4.99. The van der Waals surface area contributed by atoms with Gasteiger partial charge in [-0.25, -0.2) is 4.98 Å². The number of hydrogen-bond donors (Lipinski definition) is 1. The SMILES string of the molecule is CCCNCc1nc(Oc2ccc(Cl)cc2C)ccc1Cl. The Morgan fingerprint density at radius 3 is 2.71 bits per heavy atom. The third kappa shape index (κ3) is 4.60. The number of halogens is 2. The van der Waals surface area contributed by atoms with Crippen LogP contribution in [0.15, 0.2) is 30.3 Å². The predicted molar refractivity (Wildman–Crippen MR) is 87.5 cm³/mol. The highest BCUT2D eigenvalue weighted by molar-refractivity contribution is 6.31. The Hall–Kier alpha value is -1.29. The average molecular weight is 325 g/mol. The first-order valence-electron chi connectivity index (χ1n) is 6.90. The van der Waals surface area contributed by atoms with Crippen molar-refractivity contribution in [3.8, 4) is 11.6 Å². The first kappa shape index (κ1) is 16.1. The fourth-order valence-electron chi connectivity index (χ4n) is 1.87. The molecule has 0 saturated heterocycles. The summed E-state index contributed by atoms with van der Waals surface area (Å²) < 4.78 is 5.81. The van der Waals surface area contributed by atoms with Crippen molar-refractivity contribution in [1.82, 2.24) is 10.3 Å². The Bertz CT molecular complexity index is 617. The largest absolute Gasteiger partial charge is 0.439 e. The molecule has 0 aliphatic rings. The summed E-state index contributed by atoms with van der Waals surface area (Å²) in [6.07, 6.45) is 1.07. The van der Waals surface area contributed by atoms with Crippen molar-refractivity contribution in [2.45, 2.75) is 26.8 Å². The summed E-state index contributed by atoms with van der Waals surface area (Å²) in [5.74, 6) is 1.26. The Balaban J connectivity index is 2.14. The summed E-state index contributed by atoms with van der Waals surface area (Å²) in [4.78, 5) is 4.45. The van der Waals surface area contributed by atoms with Crippen molar-refractivity contribution < 1.29 is 4.74 Å². The van der Waals surface area contributed by atoms with Gasteiger partial charge in [0.25, 0.3) is 0 Å². The summed E-state index contributed by atoms with van der Waals surface area (Å²) in [5, 5.41) is 4.61. The molecule has 21 heavy (non-hydrogen) atoms. The van der Waals surface area contributed by atoms with E-state index in [1.807, 2.05) is 19.1 Å². The zero-order chi connectivity index (χ0) is 15.2. The van der Waals surface area contributed by atoms with Crippen LogP contribution in [0.5, 0.6) is 11.6 Å². The summed E-state index contributed by atoms with van der Waals surface area (Å²) in [5.41, 5.74) is 1.75. The smallest absolute Gasteiger partial charge is 0.219 e. The molecule has 1 aromatic carbocycles. The van der Waals surface area contributed by atoms with Crippen molar-refractivity contribution >= 4 is 23.2 Å². The lowest BCUT2D eigenvalue weighted by molar-refractivity contribution is 0.456. The van der Waals surface area contributed by atoms with Gasteiger partial charge < -0.3 is 10.1 Å². The second-order valence-corrected chi connectivity index (χ2v) is 5.61. The van der Waals surface area contributed by atoms with Crippen LogP contribution in [0, 0.1) is 6.92 Å². The fourth-order valence-corrected chi connectivity index (χ4v) is 2.27. The van der Waals surface area contributed by atoms with Crippen LogP contribution in [-0.4, -0.2) is 11.5 Å². The van der Waals surface area contributed by atoms with Gasteiger partial charge in [-0.05, 0) is 49.7 Å². The molecule has 2 rings (SSSR count). The number of nitrogens with one attached hydrogen (secondary N) is 1. The maximum atomic E-state index is 6.15. The summed E-state index contributed by atoms with van der Waals surface area (Å²) >= 11 is 12.1. The highest BCUT2D eigenvalue weighted by Crippen LogP contribution is 2.27. The number of nitrogens with zero attached hydrogens (tertiary/aromatic N) is 1. The van der Waals surface area contributed by atoms with Gasteiger partial charge >= 0.3 is 0 Å². The minimum atomic E-state index is 0.526. The summed E-state index contributed by atoms with van der Waals surface area (Å²) in [6.45, 7) is 5.62. The van der Waals surface area contributed by atoms with Crippen LogP contribution < -0.4 is 10.1 Å². The van der Waals surface area contributed by atoms with Crippen LogP contribution in [0.4, 0.5) is 0 Å². The van der Waals surface area contributed by atoms with E-state index in [2.05, 4.69) is 17.2 Å². The highest BCUT2D eigenvalue weighted by atomic mass is 35.5. The van der Waals surface area contributed by atoms with Crippen LogP contribution >= 0.6 is 23.2 Å². The fraction of sp³-hybridized carbons (Fsp3) is 0.312. The molecule has 1 N–H and O–H groups in total. The van der Waals surface area contributed by atoms with E-state index in [1.165, 1.54) is 0 Å². The lowest BCUT2D eigenvalue weighted by Gasteiger charge is -2.10. The van der Waals surface area contributed by atoms with E-state index in [1.54, 1.807) is 18.2 Å². The van der Waals surface area contributed by atoms with Crippen molar-refractivity contribution in [3.05, 3.63) is 51.6 Å². The molecule has 2 aromatic rings. The lowest BCUT2D eigenvalue weighted by Crippen LogP contribution is -2.15. The third-order valence-corrected chi connectivity index (χ3v) is 3.54. The first-order chi connectivity index (χ1) is 10.1. The maximum absolute atomic E-state index is 6.15. The van der Waals surface area contributed by atoms with Gasteiger partial charge in [-0.15, -0.1) is 0 Å². The van der Waals surface area contributed by atoms with Crippen molar-refractivity contribution in [1.29, 1.82) is 0 Å². The second kappa shape index (κ2) is 7.64. The molecule has 0 fully saturated rings. The standard InChI is InChI=1S/C16H18Cl2N2O/c1-3-8-19-10-14-13(18)5-7-16(20-14)21-15-6-4-12(17)9-11(15)2/h4-7,9,19H,3,8,10H2,1-2H3. The van der Waals surface area contributed by atoms with E-state index in [9.17, 15) is 0 Å². The molecule has 112 valence electrons. The molecule has 0 spiro atoms. The molecule has 0 radical (unpaired) electrons. The molecular formula is C16H18Cl2N2O. The molecule has 0 aliphatic heterocycles. The normalized spacial score (nSPS) is 10.7. The van der Waals surface area contributed by atoms with Gasteiger partial charge in [-0.2, -0.15) is 0 Å².